The zero-order chi connectivity index (χ0) is 21.2. The molecule has 0 aromatic carbocycles. The van der Waals surface area contributed by atoms with Crippen molar-refractivity contribution in [2.45, 2.75) is 56.3 Å². The van der Waals surface area contributed by atoms with Crippen LogP contribution in [0.3, 0.4) is 0 Å². The Bertz CT molecular complexity index is 1040. The maximum Gasteiger partial charge on any atom is 0.319 e. The van der Waals surface area contributed by atoms with E-state index in [4.69, 9.17) is 21.1 Å². The molecule has 10 heteroatoms. The number of rotatable bonds is 3. The highest BCUT2D eigenvalue weighted by Gasteiger charge is 2.49. The summed E-state index contributed by atoms with van der Waals surface area (Å²) in [4.78, 5) is 17.5. The molecule has 3 atom stereocenters. The number of aromatic nitrogens is 3. The van der Waals surface area contributed by atoms with Crippen LogP contribution in [0.25, 0.3) is 10.9 Å². The highest BCUT2D eigenvalue weighted by molar-refractivity contribution is 6.30. The van der Waals surface area contributed by atoms with Crippen molar-refractivity contribution >= 4 is 28.3 Å². The first-order valence-corrected chi connectivity index (χ1v) is 11.4. The third-order valence-corrected chi connectivity index (χ3v) is 7.46. The summed E-state index contributed by atoms with van der Waals surface area (Å²) >= 11 is 6.05. The zero-order valence-electron chi connectivity index (χ0n) is 17.1. The number of fused-ring (bicyclic) bond motifs is 3. The fraction of sp³-hybridized carbons (Fsp3) is 0.667. The molecule has 3 saturated heterocycles. The lowest BCUT2D eigenvalue weighted by molar-refractivity contribution is 0.107. The first-order chi connectivity index (χ1) is 15.0. The number of alkyl halides is 1. The monoisotopic (exact) mass is 451 g/mol. The van der Waals surface area contributed by atoms with Gasteiger partial charge in [0.05, 0.1) is 11.6 Å². The molecule has 4 aliphatic heterocycles. The number of anilines is 1. The van der Waals surface area contributed by atoms with E-state index in [-0.39, 0.29) is 40.7 Å². The maximum atomic E-state index is 15.0. The SMILES string of the molecule is Fc1c(Cl)nc2c3c(nc(OCC45CCCN4C[C@H](F)C5)nc13)N1CCCC[C@H]1CO2. The lowest BCUT2D eigenvalue weighted by Crippen LogP contribution is -2.44. The van der Waals surface area contributed by atoms with Crippen LogP contribution in [-0.2, 0) is 0 Å². The van der Waals surface area contributed by atoms with Gasteiger partial charge in [-0.3, -0.25) is 4.90 Å². The van der Waals surface area contributed by atoms with E-state index < -0.39 is 12.0 Å². The Morgan fingerprint density at radius 1 is 1.19 bits per heavy atom. The number of ether oxygens (including phenoxy) is 2. The van der Waals surface area contributed by atoms with Gasteiger partial charge in [-0.1, -0.05) is 11.6 Å². The molecule has 4 aliphatic rings. The molecule has 0 N–H and O–H groups in total. The minimum absolute atomic E-state index is 0.0526. The minimum Gasteiger partial charge on any atom is -0.475 e. The largest absolute Gasteiger partial charge is 0.475 e. The topological polar surface area (TPSA) is 63.6 Å². The Hall–Kier alpha value is -2.00. The Labute approximate surface area is 183 Å². The molecule has 0 saturated carbocycles. The van der Waals surface area contributed by atoms with Crippen LogP contribution in [0.1, 0.15) is 38.5 Å². The molecule has 0 radical (unpaired) electrons. The van der Waals surface area contributed by atoms with E-state index in [9.17, 15) is 8.78 Å². The van der Waals surface area contributed by atoms with Crippen molar-refractivity contribution in [2.75, 3.05) is 37.7 Å². The average Bonchev–Trinajstić information content (AvgIpc) is 3.24. The minimum atomic E-state index is -0.845. The number of hydrogen-bond donors (Lipinski definition) is 0. The predicted molar refractivity (Wildman–Crippen MR) is 111 cm³/mol. The van der Waals surface area contributed by atoms with E-state index >= 15 is 0 Å². The van der Waals surface area contributed by atoms with Crippen molar-refractivity contribution in [3.63, 3.8) is 0 Å². The standard InChI is InChI=1S/C21H24ClF2N5O2/c22-17-15(24)16-14-18(29-7-2-1-4-13(29)10-30-19(14)26-17)27-20(25-16)31-11-21-5-3-6-28(21)9-12(23)8-21/h12-13H,1-11H2/t12-,13+,21?/m1/s1. The third kappa shape index (κ3) is 3.11. The summed E-state index contributed by atoms with van der Waals surface area (Å²) in [6, 6.07) is 0.214. The Balaban J connectivity index is 1.41. The molecule has 6 heterocycles. The van der Waals surface area contributed by atoms with E-state index in [1.165, 1.54) is 0 Å². The predicted octanol–water partition coefficient (Wildman–Crippen LogP) is 3.52. The van der Waals surface area contributed by atoms with Gasteiger partial charge in [0.25, 0.3) is 0 Å². The van der Waals surface area contributed by atoms with Crippen LogP contribution in [0, 0.1) is 5.82 Å². The number of halogens is 3. The van der Waals surface area contributed by atoms with Gasteiger partial charge in [-0.05, 0) is 38.6 Å². The fourth-order valence-corrected chi connectivity index (χ4v) is 5.90. The molecule has 1 unspecified atom stereocenters. The Morgan fingerprint density at radius 2 is 2.10 bits per heavy atom. The lowest BCUT2D eigenvalue weighted by Gasteiger charge is -2.35. The van der Waals surface area contributed by atoms with Crippen molar-refractivity contribution in [3.05, 3.63) is 11.0 Å². The van der Waals surface area contributed by atoms with Crippen LogP contribution in [0.4, 0.5) is 14.6 Å². The normalized spacial score (nSPS) is 30.1. The molecule has 0 spiro atoms. The number of nitrogens with zero attached hydrogens (tertiary/aromatic N) is 5. The Kier molecular flexibility index (Phi) is 4.61. The molecule has 31 heavy (non-hydrogen) atoms. The molecule has 0 amide bonds. The van der Waals surface area contributed by atoms with Crippen LogP contribution in [0.5, 0.6) is 11.9 Å². The number of hydrogen-bond acceptors (Lipinski definition) is 7. The zero-order valence-corrected chi connectivity index (χ0v) is 17.9. The summed E-state index contributed by atoms with van der Waals surface area (Å²) in [5.74, 6) is 0.128. The number of piperidine rings is 1. The smallest absolute Gasteiger partial charge is 0.319 e. The van der Waals surface area contributed by atoms with Gasteiger partial charge < -0.3 is 14.4 Å². The van der Waals surface area contributed by atoms with E-state index in [2.05, 4.69) is 24.8 Å². The van der Waals surface area contributed by atoms with E-state index in [0.29, 0.717) is 30.8 Å². The summed E-state index contributed by atoms with van der Waals surface area (Å²) in [5, 5.41) is 0.151. The van der Waals surface area contributed by atoms with Gasteiger partial charge in [0.15, 0.2) is 11.0 Å². The first kappa shape index (κ1) is 19.7. The van der Waals surface area contributed by atoms with Crippen LogP contribution >= 0.6 is 11.6 Å². The van der Waals surface area contributed by atoms with Gasteiger partial charge in [0.1, 0.15) is 36.1 Å². The summed E-state index contributed by atoms with van der Waals surface area (Å²) in [6.45, 7) is 2.83. The lowest BCUT2D eigenvalue weighted by atomic mass is 9.95. The molecule has 3 fully saturated rings. The van der Waals surface area contributed by atoms with Crippen molar-refractivity contribution in [2.24, 2.45) is 0 Å². The summed E-state index contributed by atoms with van der Waals surface area (Å²) in [7, 11) is 0. The van der Waals surface area contributed by atoms with Crippen molar-refractivity contribution in [1.29, 1.82) is 0 Å². The second kappa shape index (κ2) is 7.27. The summed E-state index contributed by atoms with van der Waals surface area (Å²) in [5.41, 5.74) is -0.279. The molecule has 2 aromatic heterocycles. The summed E-state index contributed by atoms with van der Waals surface area (Å²) < 4.78 is 41.0. The van der Waals surface area contributed by atoms with Crippen LogP contribution in [0.2, 0.25) is 5.15 Å². The third-order valence-electron chi connectivity index (χ3n) is 7.21. The highest BCUT2D eigenvalue weighted by atomic mass is 35.5. The molecule has 0 bridgehead atoms. The van der Waals surface area contributed by atoms with Crippen LogP contribution < -0.4 is 14.4 Å². The van der Waals surface area contributed by atoms with Gasteiger partial charge in [0.2, 0.25) is 5.88 Å². The second-order valence-corrected chi connectivity index (χ2v) is 9.45. The summed E-state index contributed by atoms with van der Waals surface area (Å²) in [6.07, 6.45) is 4.58. The molecule has 7 nitrogen and oxygen atoms in total. The van der Waals surface area contributed by atoms with Gasteiger partial charge in [-0.15, -0.1) is 0 Å². The molecule has 6 rings (SSSR count). The van der Waals surface area contributed by atoms with Gasteiger partial charge in [-0.2, -0.15) is 15.0 Å². The highest BCUT2D eigenvalue weighted by Crippen LogP contribution is 2.42. The Morgan fingerprint density at radius 3 is 3.00 bits per heavy atom. The number of pyridine rings is 1. The first-order valence-electron chi connectivity index (χ1n) is 11.0. The average molecular weight is 452 g/mol. The molecular weight excluding hydrogens is 428 g/mol. The van der Waals surface area contributed by atoms with E-state index in [1.54, 1.807) is 0 Å². The van der Waals surface area contributed by atoms with Crippen molar-refractivity contribution < 1.29 is 18.3 Å². The van der Waals surface area contributed by atoms with Crippen molar-refractivity contribution in [1.82, 2.24) is 19.9 Å². The van der Waals surface area contributed by atoms with Crippen LogP contribution in [-0.4, -0.2) is 70.5 Å². The van der Waals surface area contributed by atoms with E-state index in [1.807, 2.05) is 0 Å². The van der Waals surface area contributed by atoms with E-state index in [0.717, 1.165) is 45.2 Å². The van der Waals surface area contributed by atoms with Gasteiger partial charge in [0, 0.05) is 19.5 Å². The molecule has 166 valence electrons. The second-order valence-electron chi connectivity index (χ2n) is 9.09. The van der Waals surface area contributed by atoms with Crippen molar-refractivity contribution in [3.8, 4) is 11.9 Å². The fourth-order valence-electron chi connectivity index (χ4n) is 5.73. The molecule has 2 aromatic rings. The molecular formula is C21H24ClF2N5O2. The maximum absolute atomic E-state index is 15.0. The molecule has 0 aliphatic carbocycles. The van der Waals surface area contributed by atoms with Gasteiger partial charge >= 0.3 is 6.01 Å². The van der Waals surface area contributed by atoms with Gasteiger partial charge in [-0.25, -0.2) is 8.78 Å². The van der Waals surface area contributed by atoms with Crippen LogP contribution in [0.15, 0.2) is 0 Å². The quantitative estimate of drug-likeness (QED) is 0.661.